The third-order valence-corrected chi connectivity index (χ3v) is 3.82. The Morgan fingerprint density at radius 1 is 0.964 bits per heavy atom. The molecule has 0 saturated carbocycles. The minimum atomic E-state index is -4.56. The molecule has 0 aliphatic heterocycles. The highest BCUT2D eigenvalue weighted by molar-refractivity contribution is 6.06. The van der Waals surface area contributed by atoms with Gasteiger partial charge < -0.3 is 14.5 Å². The monoisotopic (exact) mass is 389 g/mol. The van der Waals surface area contributed by atoms with Gasteiger partial charge in [0.15, 0.2) is 5.76 Å². The fraction of sp³-hybridized carbons (Fsp3) is 0.100. The van der Waals surface area contributed by atoms with E-state index in [9.17, 15) is 22.8 Å². The number of hydrogen-bond acceptors (Lipinski definition) is 4. The first-order valence-corrected chi connectivity index (χ1v) is 8.12. The molecule has 0 spiro atoms. The quantitative estimate of drug-likeness (QED) is 0.630. The highest BCUT2D eigenvalue weighted by atomic mass is 19.4. The molecule has 1 N–H and O–H groups in total. The zero-order valence-electron chi connectivity index (χ0n) is 14.3. The van der Waals surface area contributed by atoms with Gasteiger partial charge in [-0.3, -0.25) is 4.79 Å². The highest BCUT2D eigenvalue weighted by Gasteiger charge is 2.33. The Balaban J connectivity index is 1.75. The normalized spacial score (nSPS) is 11.1. The molecule has 0 atom stereocenters. The van der Waals surface area contributed by atoms with Gasteiger partial charge in [0.1, 0.15) is 6.61 Å². The van der Waals surface area contributed by atoms with Gasteiger partial charge in [0.2, 0.25) is 0 Å². The Bertz CT molecular complexity index is 981. The number of rotatable bonds is 5. The Hall–Kier alpha value is -3.55. The van der Waals surface area contributed by atoms with Crippen LogP contribution < -0.4 is 5.32 Å². The van der Waals surface area contributed by atoms with Crippen molar-refractivity contribution in [3.63, 3.8) is 0 Å². The summed E-state index contributed by atoms with van der Waals surface area (Å²) in [4.78, 5) is 24.5. The van der Waals surface area contributed by atoms with E-state index in [0.29, 0.717) is 0 Å². The second-order valence-electron chi connectivity index (χ2n) is 5.71. The number of halogens is 3. The van der Waals surface area contributed by atoms with Crippen LogP contribution in [0, 0.1) is 0 Å². The molecule has 0 radical (unpaired) electrons. The Kier molecular flexibility index (Phi) is 5.49. The van der Waals surface area contributed by atoms with E-state index in [1.807, 2.05) is 0 Å². The van der Waals surface area contributed by atoms with E-state index in [1.54, 1.807) is 12.1 Å². The van der Waals surface area contributed by atoms with Crippen molar-refractivity contribution in [3.05, 3.63) is 89.4 Å². The predicted molar refractivity (Wildman–Crippen MR) is 93.7 cm³/mol. The van der Waals surface area contributed by atoms with Crippen LogP contribution in [0.15, 0.2) is 71.3 Å². The summed E-state index contributed by atoms with van der Waals surface area (Å²) in [5.41, 5.74) is -0.882. The molecule has 0 saturated heterocycles. The molecule has 1 amide bonds. The molecule has 8 heteroatoms. The summed E-state index contributed by atoms with van der Waals surface area (Å²) in [7, 11) is 0. The van der Waals surface area contributed by atoms with E-state index in [2.05, 4.69) is 5.32 Å². The van der Waals surface area contributed by atoms with Crippen molar-refractivity contribution in [3.8, 4) is 0 Å². The van der Waals surface area contributed by atoms with Crippen LogP contribution in [0.1, 0.15) is 32.0 Å². The molecule has 2 aromatic carbocycles. The average Bonchev–Trinajstić information content (AvgIpc) is 3.21. The third-order valence-electron chi connectivity index (χ3n) is 3.82. The van der Waals surface area contributed by atoms with E-state index in [1.165, 1.54) is 48.7 Å². The van der Waals surface area contributed by atoms with E-state index < -0.39 is 30.2 Å². The molecular formula is C20H14F3NO4. The number of benzene rings is 2. The second kappa shape index (κ2) is 7.99. The van der Waals surface area contributed by atoms with Crippen LogP contribution >= 0.6 is 0 Å². The molecule has 0 aliphatic rings. The van der Waals surface area contributed by atoms with Gasteiger partial charge in [0, 0.05) is 5.56 Å². The average molecular weight is 389 g/mol. The summed E-state index contributed by atoms with van der Waals surface area (Å²) in [5.74, 6) is -1.40. The van der Waals surface area contributed by atoms with Crippen molar-refractivity contribution in [1.29, 1.82) is 0 Å². The topological polar surface area (TPSA) is 68.5 Å². The lowest BCUT2D eigenvalue weighted by atomic mass is 10.1. The molecule has 1 aromatic heterocycles. The first-order valence-electron chi connectivity index (χ1n) is 8.12. The van der Waals surface area contributed by atoms with Gasteiger partial charge in [-0.25, -0.2) is 4.79 Å². The minimum absolute atomic E-state index is 0.00639. The zero-order chi connectivity index (χ0) is 20.1. The number of alkyl halides is 3. The zero-order valence-corrected chi connectivity index (χ0v) is 14.3. The van der Waals surface area contributed by atoms with E-state index in [0.717, 1.165) is 6.07 Å². The van der Waals surface area contributed by atoms with Gasteiger partial charge in [-0.2, -0.15) is 13.2 Å². The molecule has 1 heterocycles. The van der Waals surface area contributed by atoms with Crippen molar-refractivity contribution in [2.45, 2.75) is 12.8 Å². The molecule has 28 heavy (non-hydrogen) atoms. The molecule has 0 aliphatic carbocycles. The van der Waals surface area contributed by atoms with Crippen molar-refractivity contribution in [1.82, 2.24) is 0 Å². The van der Waals surface area contributed by atoms with Crippen LogP contribution in [-0.4, -0.2) is 11.9 Å². The number of hydrogen-bond donors (Lipinski definition) is 1. The van der Waals surface area contributed by atoms with E-state index >= 15 is 0 Å². The molecule has 3 aromatic rings. The summed E-state index contributed by atoms with van der Waals surface area (Å²) < 4.78 is 49.2. The number of esters is 1. The van der Waals surface area contributed by atoms with Crippen LogP contribution in [0.2, 0.25) is 0 Å². The lowest BCUT2D eigenvalue weighted by molar-refractivity contribution is -0.138. The van der Waals surface area contributed by atoms with E-state index in [4.69, 9.17) is 9.15 Å². The van der Waals surface area contributed by atoms with Crippen LogP contribution in [0.3, 0.4) is 0 Å². The molecule has 0 fully saturated rings. The number of furan rings is 1. The molecule has 5 nitrogen and oxygen atoms in total. The number of para-hydroxylation sites is 1. The van der Waals surface area contributed by atoms with E-state index in [-0.39, 0.29) is 22.6 Å². The van der Waals surface area contributed by atoms with Gasteiger partial charge in [-0.05, 0) is 30.3 Å². The van der Waals surface area contributed by atoms with Crippen molar-refractivity contribution < 1.29 is 31.9 Å². The van der Waals surface area contributed by atoms with Crippen LogP contribution in [0.4, 0.5) is 18.9 Å². The van der Waals surface area contributed by atoms with Crippen LogP contribution in [0.25, 0.3) is 0 Å². The standard InChI is InChI=1S/C20H14F3NO4/c21-20(22,23)15-8-3-1-6-13(15)12-28-19(26)14-7-2-4-9-16(14)24-18(25)17-10-5-11-27-17/h1-11H,12H2,(H,24,25). The Labute approximate surface area is 157 Å². The van der Waals surface area contributed by atoms with Gasteiger partial charge in [0.25, 0.3) is 5.91 Å². The predicted octanol–water partition coefficient (Wildman–Crippen LogP) is 4.91. The minimum Gasteiger partial charge on any atom is -0.459 e. The van der Waals surface area contributed by atoms with Crippen molar-refractivity contribution >= 4 is 17.6 Å². The summed E-state index contributed by atoms with van der Waals surface area (Å²) >= 11 is 0. The van der Waals surface area contributed by atoms with Gasteiger partial charge in [-0.1, -0.05) is 30.3 Å². The first-order chi connectivity index (χ1) is 13.4. The first kappa shape index (κ1) is 19.2. The number of anilines is 1. The Morgan fingerprint density at radius 3 is 2.39 bits per heavy atom. The maximum atomic E-state index is 13.0. The second-order valence-corrected chi connectivity index (χ2v) is 5.71. The Morgan fingerprint density at radius 2 is 1.68 bits per heavy atom. The number of carbonyl (C=O) groups is 2. The summed E-state index contributed by atoms with van der Waals surface area (Å²) in [6.07, 6.45) is -3.23. The summed E-state index contributed by atoms with van der Waals surface area (Å²) in [5, 5.41) is 2.51. The fourth-order valence-electron chi connectivity index (χ4n) is 2.51. The molecule has 0 bridgehead atoms. The van der Waals surface area contributed by atoms with Crippen LogP contribution in [0.5, 0.6) is 0 Å². The van der Waals surface area contributed by atoms with Crippen LogP contribution in [-0.2, 0) is 17.5 Å². The number of ether oxygens (including phenoxy) is 1. The maximum Gasteiger partial charge on any atom is 0.416 e. The number of amides is 1. The largest absolute Gasteiger partial charge is 0.459 e. The lowest BCUT2D eigenvalue weighted by Crippen LogP contribution is -2.16. The van der Waals surface area contributed by atoms with Gasteiger partial charge in [0.05, 0.1) is 23.1 Å². The molecule has 0 unspecified atom stereocenters. The van der Waals surface area contributed by atoms with Crippen molar-refractivity contribution in [2.24, 2.45) is 0 Å². The molecule has 144 valence electrons. The maximum absolute atomic E-state index is 13.0. The SMILES string of the molecule is O=C(Nc1ccccc1C(=O)OCc1ccccc1C(F)(F)F)c1ccco1. The summed E-state index contributed by atoms with van der Waals surface area (Å²) in [6.45, 7) is -0.561. The summed E-state index contributed by atoms with van der Waals surface area (Å²) in [6, 6.07) is 13.8. The highest BCUT2D eigenvalue weighted by Crippen LogP contribution is 2.32. The van der Waals surface area contributed by atoms with Gasteiger partial charge in [-0.15, -0.1) is 0 Å². The fourth-order valence-corrected chi connectivity index (χ4v) is 2.51. The smallest absolute Gasteiger partial charge is 0.416 e. The molecule has 3 rings (SSSR count). The molecular weight excluding hydrogens is 375 g/mol. The van der Waals surface area contributed by atoms with Gasteiger partial charge >= 0.3 is 12.1 Å². The number of carbonyl (C=O) groups excluding carboxylic acids is 2. The van der Waals surface area contributed by atoms with Crippen molar-refractivity contribution in [2.75, 3.05) is 5.32 Å². The lowest BCUT2D eigenvalue weighted by Gasteiger charge is -2.14. The number of nitrogens with one attached hydrogen (secondary N) is 1. The third kappa shape index (κ3) is 4.40.